The third kappa shape index (κ3) is 3.32. The van der Waals surface area contributed by atoms with Crippen molar-refractivity contribution in [1.29, 1.82) is 0 Å². The smallest absolute Gasteiger partial charge is 0.0948 e. The summed E-state index contributed by atoms with van der Waals surface area (Å²) in [6, 6.07) is 0.761. The number of rotatable bonds is 6. The van der Waals surface area contributed by atoms with Crippen molar-refractivity contribution < 1.29 is 0 Å². The van der Waals surface area contributed by atoms with E-state index >= 15 is 0 Å². The summed E-state index contributed by atoms with van der Waals surface area (Å²) in [4.78, 5) is 4.29. The zero-order valence-electron chi connectivity index (χ0n) is 11.5. The van der Waals surface area contributed by atoms with Gasteiger partial charge in [-0.3, -0.25) is 0 Å². The van der Waals surface area contributed by atoms with Crippen molar-refractivity contribution in [1.82, 2.24) is 14.9 Å². The molecule has 1 N–H and O–H groups in total. The van der Waals surface area contributed by atoms with E-state index in [1.807, 2.05) is 12.5 Å². The summed E-state index contributed by atoms with van der Waals surface area (Å²) in [5.41, 5.74) is 1.63. The van der Waals surface area contributed by atoms with E-state index in [-0.39, 0.29) is 0 Å². The fourth-order valence-electron chi connectivity index (χ4n) is 1.80. The summed E-state index contributed by atoms with van der Waals surface area (Å²) in [5, 5.41) is 3.55. The molecule has 96 valence electrons. The van der Waals surface area contributed by atoms with E-state index in [1.165, 1.54) is 18.5 Å². The highest BCUT2D eigenvalue weighted by Crippen LogP contribution is 2.28. The summed E-state index contributed by atoms with van der Waals surface area (Å²) < 4.78 is 2.30. The van der Waals surface area contributed by atoms with Gasteiger partial charge in [0.15, 0.2) is 0 Å². The number of hydrogen-bond donors (Lipinski definition) is 1. The molecule has 0 bridgehead atoms. The molecular formula is C14H25N3. The Labute approximate surface area is 105 Å². The van der Waals surface area contributed by atoms with Crippen LogP contribution >= 0.6 is 0 Å². The van der Waals surface area contributed by atoms with Gasteiger partial charge in [-0.15, -0.1) is 0 Å². The molecule has 0 atom stereocenters. The van der Waals surface area contributed by atoms with Gasteiger partial charge in [0.25, 0.3) is 0 Å². The molecule has 1 heterocycles. The Kier molecular flexibility index (Phi) is 3.57. The van der Waals surface area contributed by atoms with Gasteiger partial charge in [0.2, 0.25) is 0 Å². The molecule has 1 fully saturated rings. The van der Waals surface area contributed by atoms with Crippen molar-refractivity contribution in [2.75, 3.05) is 0 Å². The molecule has 3 nitrogen and oxygen atoms in total. The lowest BCUT2D eigenvalue weighted by Crippen LogP contribution is -2.27. The SMILES string of the molecule is CC(C)C(C)(C)Cn1cncc1CNC1CC1. The number of nitrogens with zero attached hydrogens (tertiary/aromatic N) is 2. The van der Waals surface area contributed by atoms with E-state index < -0.39 is 0 Å². The van der Waals surface area contributed by atoms with E-state index in [0.29, 0.717) is 11.3 Å². The van der Waals surface area contributed by atoms with Gasteiger partial charge in [-0.2, -0.15) is 0 Å². The van der Waals surface area contributed by atoms with Gasteiger partial charge in [0, 0.05) is 25.3 Å². The molecule has 1 aliphatic carbocycles. The van der Waals surface area contributed by atoms with Gasteiger partial charge in [-0.25, -0.2) is 4.98 Å². The third-order valence-electron chi connectivity index (χ3n) is 4.09. The van der Waals surface area contributed by atoms with Crippen LogP contribution in [0.2, 0.25) is 0 Å². The predicted molar refractivity (Wildman–Crippen MR) is 70.7 cm³/mol. The van der Waals surface area contributed by atoms with Crippen LogP contribution < -0.4 is 5.32 Å². The normalized spacial score (nSPS) is 16.8. The Balaban J connectivity index is 1.97. The second kappa shape index (κ2) is 4.81. The maximum Gasteiger partial charge on any atom is 0.0948 e. The number of aromatic nitrogens is 2. The van der Waals surface area contributed by atoms with Crippen LogP contribution in [0.25, 0.3) is 0 Å². The first-order chi connectivity index (χ1) is 7.99. The van der Waals surface area contributed by atoms with Gasteiger partial charge in [0.05, 0.1) is 12.0 Å². The van der Waals surface area contributed by atoms with E-state index in [0.717, 1.165) is 19.1 Å². The van der Waals surface area contributed by atoms with Crippen LogP contribution in [0.1, 0.15) is 46.2 Å². The Hall–Kier alpha value is -0.830. The molecular weight excluding hydrogens is 210 g/mol. The molecule has 0 aliphatic heterocycles. The van der Waals surface area contributed by atoms with Gasteiger partial charge in [-0.05, 0) is 24.2 Å². The highest BCUT2D eigenvalue weighted by Gasteiger charge is 2.24. The molecule has 1 saturated carbocycles. The molecule has 0 unspecified atom stereocenters. The number of hydrogen-bond acceptors (Lipinski definition) is 2. The second-order valence-electron chi connectivity index (χ2n) is 6.31. The van der Waals surface area contributed by atoms with Gasteiger partial charge >= 0.3 is 0 Å². The van der Waals surface area contributed by atoms with Crippen LogP contribution in [0.3, 0.4) is 0 Å². The number of imidazole rings is 1. The van der Waals surface area contributed by atoms with Crippen molar-refractivity contribution in [3.05, 3.63) is 18.2 Å². The fraction of sp³-hybridized carbons (Fsp3) is 0.786. The van der Waals surface area contributed by atoms with Crippen molar-refractivity contribution in [3.8, 4) is 0 Å². The maximum atomic E-state index is 4.29. The molecule has 0 radical (unpaired) electrons. The molecule has 1 aromatic heterocycles. The Morgan fingerprint density at radius 1 is 1.47 bits per heavy atom. The quantitative estimate of drug-likeness (QED) is 0.821. The fourth-order valence-corrected chi connectivity index (χ4v) is 1.80. The minimum Gasteiger partial charge on any atom is -0.333 e. The maximum absolute atomic E-state index is 4.29. The molecule has 1 aromatic rings. The van der Waals surface area contributed by atoms with Gasteiger partial charge < -0.3 is 9.88 Å². The van der Waals surface area contributed by atoms with Crippen molar-refractivity contribution in [2.24, 2.45) is 11.3 Å². The Bertz CT molecular complexity index is 361. The molecule has 0 spiro atoms. The summed E-state index contributed by atoms with van der Waals surface area (Å²) in [6.07, 6.45) is 6.64. The van der Waals surface area contributed by atoms with Crippen molar-refractivity contribution in [3.63, 3.8) is 0 Å². The topological polar surface area (TPSA) is 29.9 Å². The van der Waals surface area contributed by atoms with Crippen molar-refractivity contribution in [2.45, 2.75) is 59.7 Å². The molecule has 0 aromatic carbocycles. The van der Waals surface area contributed by atoms with Crippen molar-refractivity contribution >= 4 is 0 Å². The number of nitrogens with one attached hydrogen (secondary N) is 1. The second-order valence-corrected chi connectivity index (χ2v) is 6.31. The van der Waals surface area contributed by atoms with Crippen LogP contribution in [0.15, 0.2) is 12.5 Å². The summed E-state index contributed by atoms with van der Waals surface area (Å²) >= 11 is 0. The van der Waals surface area contributed by atoms with E-state index in [2.05, 4.69) is 42.6 Å². The Morgan fingerprint density at radius 2 is 2.18 bits per heavy atom. The van der Waals surface area contributed by atoms with E-state index in [1.54, 1.807) is 0 Å². The standard InChI is InChI=1S/C14H25N3/c1-11(2)14(3,4)9-17-10-15-7-13(17)8-16-12-5-6-12/h7,10-12,16H,5-6,8-9H2,1-4H3. The highest BCUT2D eigenvalue weighted by atomic mass is 15.1. The first kappa shape index (κ1) is 12.6. The summed E-state index contributed by atoms with van der Waals surface area (Å²) in [5.74, 6) is 0.675. The predicted octanol–water partition coefficient (Wildman–Crippen LogP) is 2.82. The van der Waals surface area contributed by atoms with E-state index in [4.69, 9.17) is 0 Å². The summed E-state index contributed by atoms with van der Waals surface area (Å²) in [7, 11) is 0. The zero-order chi connectivity index (χ0) is 12.5. The average Bonchev–Trinajstić information content (AvgIpc) is 2.97. The molecule has 0 saturated heterocycles. The largest absolute Gasteiger partial charge is 0.333 e. The minimum atomic E-state index is 0.315. The van der Waals surface area contributed by atoms with Crippen LogP contribution in [0.4, 0.5) is 0 Å². The van der Waals surface area contributed by atoms with Gasteiger partial charge in [-0.1, -0.05) is 27.7 Å². The zero-order valence-corrected chi connectivity index (χ0v) is 11.5. The highest BCUT2D eigenvalue weighted by molar-refractivity contribution is 5.00. The molecule has 1 aliphatic rings. The lowest BCUT2D eigenvalue weighted by atomic mass is 9.81. The molecule has 2 rings (SSSR count). The molecule has 3 heteroatoms. The minimum absolute atomic E-state index is 0.315. The molecule has 17 heavy (non-hydrogen) atoms. The first-order valence-corrected chi connectivity index (χ1v) is 6.71. The van der Waals surface area contributed by atoms with Crippen LogP contribution in [0.5, 0.6) is 0 Å². The van der Waals surface area contributed by atoms with Crippen LogP contribution in [0, 0.1) is 11.3 Å². The Morgan fingerprint density at radius 3 is 2.76 bits per heavy atom. The van der Waals surface area contributed by atoms with Crippen LogP contribution in [-0.4, -0.2) is 15.6 Å². The molecule has 0 amide bonds. The third-order valence-corrected chi connectivity index (χ3v) is 4.09. The lowest BCUT2D eigenvalue weighted by molar-refractivity contribution is 0.207. The monoisotopic (exact) mass is 235 g/mol. The first-order valence-electron chi connectivity index (χ1n) is 6.71. The lowest BCUT2D eigenvalue weighted by Gasteiger charge is -2.30. The van der Waals surface area contributed by atoms with Gasteiger partial charge in [0.1, 0.15) is 0 Å². The summed E-state index contributed by atoms with van der Waals surface area (Å²) in [6.45, 7) is 11.2. The van der Waals surface area contributed by atoms with E-state index in [9.17, 15) is 0 Å². The van der Waals surface area contributed by atoms with Crippen LogP contribution in [-0.2, 0) is 13.1 Å². The average molecular weight is 235 g/mol.